The highest BCUT2D eigenvalue weighted by atomic mass is 35.5. The maximum atomic E-state index is 6.10. The minimum atomic E-state index is 0.612. The van der Waals surface area contributed by atoms with Gasteiger partial charge in [-0.15, -0.1) is 0 Å². The Morgan fingerprint density at radius 2 is 2.00 bits per heavy atom. The lowest BCUT2D eigenvalue weighted by atomic mass is 9.98. The van der Waals surface area contributed by atoms with Crippen molar-refractivity contribution in [2.45, 2.75) is 25.7 Å². The smallest absolute Gasteiger partial charge is 0.144 e. The van der Waals surface area contributed by atoms with Crippen molar-refractivity contribution in [2.75, 3.05) is 17.6 Å². The Morgan fingerprint density at radius 1 is 1.35 bits per heavy atom. The van der Waals surface area contributed by atoms with Crippen molar-refractivity contribution in [3.8, 4) is 0 Å². The van der Waals surface area contributed by atoms with Crippen LogP contribution >= 0.6 is 11.6 Å². The summed E-state index contributed by atoms with van der Waals surface area (Å²) in [5.41, 5.74) is 6.24. The molecule has 1 aromatic heterocycles. The number of nitrogen functional groups attached to an aromatic ring is 1. The van der Waals surface area contributed by atoms with Crippen LogP contribution in [0.4, 0.5) is 11.5 Å². The third-order valence-electron chi connectivity index (χ3n) is 3.82. The molecule has 0 atom stereocenters. The average molecular weight is 252 g/mol. The quantitative estimate of drug-likeness (QED) is 0.845. The minimum Gasteiger partial charge on any atom is -0.397 e. The number of halogens is 1. The Kier molecular flexibility index (Phi) is 2.87. The van der Waals surface area contributed by atoms with E-state index in [2.05, 4.69) is 10.3 Å². The fourth-order valence-electron chi connectivity index (χ4n) is 2.56. The molecule has 0 spiro atoms. The summed E-state index contributed by atoms with van der Waals surface area (Å²) >= 11 is 6.10. The second-order valence-corrected chi connectivity index (χ2v) is 5.73. The monoisotopic (exact) mass is 251 g/mol. The normalized spacial score (nSPS) is 19.6. The molecule has 0 amide bonds. The van der Waals surface area contributed by atoms with Crippen LogP contribution in [0.2, 0.25) is 5.02 Å². The van der Waals surface area contributed by atoms with Crippen LogP contribution in [-0.4, -0.2) is 11.5 Å². The zero-order chi connectivity index (χ0) is 11.8. The highest BCUT2D eigenvalue weighted by molar-refractivity contribution is 6.33. The summed E-state index contributed by atoms with van der Waals surface area (Å²) in [6.45, 7) is 1.01. The summed E-state index contributed by atoms with van der Waals surface area (Å²) < 4.78 is 0. The van der Waals surface area contributed by atoms with Crippen molar-refractivity contribution in [1.29, 1.82) is 0 Å². The van der Waals surface area contributed by atoms with Crippen molar-refractivity contribution >= 4 is 23.1 Å². The van der Waals surface area contributed by atoms with Gasteiger partial charge < -0.3 is 11.1 Å². The fourth-order valence-corrected chi connectivity index (χ4v) is 2.81. The molecule has 0 aromatic carbocycles. The number of nitrogens with one attached hydrogen (secondary N) is 1. The standard InChI is InChI=1S/C13H18ClN3/c14-12-5-10(15)6-16-13(12)17-7-11(8-1-2-8)9-3-4-9/h5-6,8-9,11H,1-4,7,15H2,(H,16,17). The van der Waals surface area contributed by atoms with Crippen LogP contribution in [0.15, 0.2) is 12.3 Å². The van der Waals surface area contributed by atoms with Gasteiger partial charge in [0.2, 0.25) is 0 Å². The molecule has 17 heavy (non-hydrogen) atoms. The van der Waals surface area contributed by atoms with Gasteiger partial charge in [0.05, 0.1) is 16.9 Å². The van der Waals surface area contributed by atoms with Crippen molar-refractivity contribution in [1.82, 2.24) is 4.98 Å². The predicted octanol–water partition coefficient (Wildman–Crippen LogP) is 3.17. The molecule has 0 bridgehead atoms. The topological polar surface area (TPSA) is 50.9 Å². The second kappa shape index (κ2) is 4.37. The molecule has 4 heteroatoms. The van der Waals surface area contributed by atoms with Gasteiger partial charge in [0.1, 0.15) is 5.82 Å². The SMILES string of the molecule is Nc1cnc(NCC(C2CC2)C2CC2)c(Cl)c1. The molecule has 3 rings (SSSR count). The highest BCUT2D eigenvalue weighted by Gasteiger charge is 2.41. The van der Waals surface area contributed by atoms with E-state index < -0.39 is 0 Å². The third-order valence-corrected chi connectivity index (χ3v) is 4.11. The number of nitrogens with zero attached hydrogens (tertiary/aromatic N) is 1. The van der Waals surface area contributed by atoms with Gasteiger partial charge in [0, 0.05) is 6.54 Å². The van der Waals surface area contributed by atoms with E-state index in [-0.39, 0.29) is 0 Å². The van der Waals surface area contributed by atoms with E-state index in [9.17, 15) is 0 Å². The number of pyridine rings is 1. The first kappa shape index (κ1) is 11.1. The predicted molar refractivity (Wildman–Crippen MR) is 71.1 cm³/mol. The zero-order valence-corrected chi connectivity index (χ0v) is 10.6. The molecule has 3 nitrogen and oxygen atoms in total. The fraction of sp³-hybridized carbons (Fsp3) is 0.615. The van der Waals surface area contributed by atoms with Crippen LogP contribution < -0.4 is 11.1 Å². The van der Waals surface area contributed by atoms with Gasteiger partial charge in [-0.25, -0.2) is 4.98 Å². The average Bonchev–Trinajstić information content (AvgIpc) is 3.15. The maximum Gasteiger partial charge on any atom is 0.144 e. The lowest BCUT2D eigenvalue weighted by molar-refractivity contribution is 0.428. The number of hydrogen-bond acceptors (Lipinski definition) is 3. The molecule has 1 heterocycles. The zero-order valence-electron chi connectivity index (χ0n) is 9.82. The van der Waals surface area contributed by atoms with Crippen LogP contribution in [0.1, 0.15) is 25.7 Å². The van der Waals surface area contributed by atoms with E-state index in [1.54, 1.807) is 12.3 Å². The Hall–Kier alpha value is -0.960. The number of aromatic nitrogens is 1. The molecule has 0 saturated heterocycles. The molecular weight excluding hydrogens is 234 g/mol. The molecule has 3 N–H and O–H groups in total. The third kappa shape index (κ3) is 2.65. The Balaban J connectivity index is 1.62. The van der Waals surface area contributed by atoms with E-state index in [1.165, 1.54) is 25.7 Å². The van der Waals surface area contributed by atoms with E-state index in [4.69, 9.17) is 17.3 Å². The molecule has 0 aliphatic heterocycles. The summed E-state index contributed by atoms with van der Waals surface area (Å²) in [6, 6.07) is 1.75. The Bertz CT molecular complexity index is 401. The van der Waals surface area contributed by atoms with Gasteiger partial charge in [0.15, 0.2) is 0 Å². The van der Waals surface area contributed by atoms with E-state index in [0.717, 1.165) is 30.1 Å². The van der Waals surface area contributed by atoms with Crippen molar-refractivity contribution in [3.05, 3.63) is 17.3 Å². The van der Waals surface area contributed by atoms with Crippen LogP contribution in [0.25, 0.3) is 0 Å². The summed E-state index contributed by atoms with van der Waals surface area (Å²) in [5.74, 6) is 3.49. The first-order valence-electron chi connectivity index (χ1n) is 6.39. The molecule has 2 fully saturated rings. The van der Waals surface area contributed by atoms with Gasteiger partial charge in [-0.1, -0.05) is 11.6 Å². The first-order chi connectivity index (χ1) is 8.24. The number of nitrogens with two attached hydrogens (primary N) is 1. The Morgan fingerprint density at radius 3 is 2.53 bits per heavy atom. The minimum absolute atomic E-state index is 0.612. The number of hydrogen-bond donors (Lipinski definition) is 2. The summed E-state index contributed by atoms with van der Waals surface area (Å²) in [4.78, 5) is 4.24. The maximum absolute atomic E-state index is 6.10. The lowest BCUT2D eigenvalue weighted by Crippen LogP contribution is -2.19. The van der Waals surface area contributed by atoms with Crippen molar-refractivity contribution in [2.24, 2.45) is 17.8 Å². The molecule has 2 aliphatic rings. The van der Waals surface area contributed by atoms with Crippen molar-refractivity contribution in [3.63, 3.8) is 0 Å². The van der Waals surface area contributed by atoms with E-state index in [1.807, 2.05) is 0 Å². The molecule has 0 unspecified atom stereocenters. The summed E-state index contributed by atoms with van der Waals surface area (Å²) in [6.07, 6.45) is 7.28. The van der Waals surface area contributed by atoms with Gasteiger partial charge >= 0.3 is 0 Å². The molecule has 1 aromatic rings. The molecule has 2 saturated carbocycles. The van der Waals surface area contributed by atoms with Crippen LogP contribution in [0.3, 0.4) is 0 Å². The largest absolute Gasteiger partial charge is 0.397 e. The number of rotatable bonds is 5. The van der Waals surface area contributed by atoms with Crippen LogP contribution in [0.5, 0.6) is 0 Å². The van der Waals surface area contributed by atoms with Gasteiger partial charge in [-0.2, -0.15) is 0 Å². The first-order valence-corrected chi connectivity index (χ1v) is 6.76. The summed E-state index contributed by atoms with van der Waals surface area (Å²) in [7, 11) is 0. The summed E-state index contributed by atoms with van der Waals surface area (Å²) in [5, 5.41) is 4.00. The van der Waals surface area contributed by atoms with Gasteiger partial charge in [-0.3, -0.25) is 0 Å². The van der Waals surface area contributed by atoms with Crippen LogP contribution in [-0.2, 0) is 0 Å². The number of anilines is 2. The highest BCUT2D eigenvalue weighted by Crippen LogP contribution is 2.49. The van der Waals surface area contributed by atoms with E-state index in [0.29, 0.717) is 10.7 Å². The molecular formula is C13H18ClN3. The van der Waals surface area contributed by atoms with Crippen LogP contribution in [0, 0.1) is 17.8 Å². The van der Waals surface area contributed by atoms with Crippen molar-refractivity contribution < 1.29 is 0 Å². The molecule has 92 valence electrons. The van der Waals surface area contributed by atoms with Gasteiger partial charge in [0.25, 0.3) is 0 Å². The molecule has 2 aliphatic carbocycles. The second-order valence-electron chi connectivity index (χ2n) is 5.32. The molecule has 0 radical (unpaired) electrons. The van der Waals surface area contributed by atoms with Gasteiger partial charge in [-0.05, 0) is 49.5 Å². The Labute approximate surface area is 107 Å². The lowest BCUT2D eigenvalue weighted by Gasteiger charge is -2.17. The van der Waals surface area contributed by atoms with E-state index >= 15 is 0 Å².